The topological polar surface area (TPSA) is 112 Å². The van der Waals surface area contributed by atoms with E-state index in [0.717, 1.165) is 22.5 Å². The average molecular weight is 419 g/mol. The molecule has 0 saturated heterocycles. The van der Waals surface area contributed by atoms with E-state index in [4.69, 9.17) is 0 Å². The highest BCUT2D eigenvalue weighted by Crippen LogP contribution is 2.18. The van der Waals surface area contributed by atoms with Gasteiger partial charge in [-0.25, -0.2) is 9.50 Å². The molecular weight excluding hydrogens is 392 g/mol. The lowest BCUT2D eigenvalue weighted by Gasteiger charge is -2.12. The number of carbonyl (C=O) groups is 2. The van der Waals surface area contributed by atoms with Gasteiger partial charge in [0.1, 0.15) is 11.6 Å². The molecule has 2 N–H and O–H groups in total. The van der Waals surface area contributed by atoms with Crippen molar-refractivity contribution in [1.82, 2.24) is 19.9 Å². The van der Waals surface area contributed by atoms with E-state index in [1.807, 2.05) is 52.0 Å². The molecule has 0 fully saturated rings. The van der Waals surface area contributed by atoms with Crippen molar-refractivity contribution in [2.45, 2.75) is 47.1 Å². The second-order valence-electron chi connectivity index (χ2n) is 7.79. The van der Waals surface area contributed by atoms with Crippen LogP contribution < -0.4 is 10.6 Å². The highest BCUT2D eigenvalue weighted by atomic mass is 16.2. The van der Waals surface area contributed by atoms with Crippen LogP contribution in [0.25, 0.3) is 5.65 Å². The lowest BCUT2D eigenvalue weighted by atomic mass is 10.1. The molecule has 160 valence electrons. The summed E-state index contributed by atoms with van der Waals surface area (Å²) in [5.41, 5.74) is 5.22. The molecule has 0 bridgehead atoms. The Labute approximate surface area is 181 Å². The monoisotopic (exact) mass is 418 g/mol. The Kier molecular flexibility index (Phi) is 6.65. The number of nitrogens with one attached hydrogen (secondary N) is 2. The predicted molar refractivity (Wildman–Crippen MR) is 117 cm³/mol. The zero-order chi connectivity index (χ0) is 22.5. The summed E-state index contributed by atoms with van der Waals surface area (Å²) in [5.74, 6) is -0.220. The molecule has 31 heavy (non-hydrogen) atoms. The smallest absolute Gasteiger partial charge is 0.226 e. The highest BCUT2D eigenvalue weighted by Gasteiger charge is 2.15. The van der Waals surface area contributed by atoms with Gasteiger partial charge in [0.15, 0.2) is 5.65 Å². The van der Waals surface area contributed by atoms with Gasteiger partial charge >= 0.3 is 0 Å². The van der Waals surface area contributed by atoms with Crippen LogP contribution in [0, 0.1) is 31.1 Å². The minimum Gasteiger partial charge on any atom is -0.352 e. The summed E-state index contributed by atoms with van der Waals surface area (Å²) in [4.78, 5) is 28.8. The first kappa shape index (κ1) is 22.0. The van der Waals surface area contributed by atoms with Crippen molar-refractivity contribution in [2.75, 3.05) is 5.32 Å². The molecule has 0 saturated carbocycles. The van der Waals surface area contributed by atoms with Crippen LogP contribution in [-0.4, -0.2) is 26.4 Å². The molecule has 2 heterocycles. The minimum absolute atomic E-state index is 0.0448. The van der Waals surface area contributed by atoms with Gasteiger partial charge in [-0.2, -0.15) is 10.4 Å². The SMILES string of the molecule is Cc1nc2c(C#N)cnn2c(C)c1CCC(=O)NCc1cccc(NC(=O)C(C)C)c1. The predicted octanol–water partition coefficient (Wildman–Crippen LogP) is 3.06. The fourth-order valence-corrected chi connectivity index (χ4v) is 3.32. The van der Waals surface area contributed by atoms with Crippen molar-refractivity contribution in [2.24, 2.45) is 5.92 Å². The van der Waals surface area contributed by atoms with E-state index in [-0.39, 0.29) is 17.7 Å². The molecule has 0 aliphatic rings. The molecule has 3 rings (SSSR count). The first-order valence-corrected chi connectivity index (χ1v) is 10.2. The van der Waals surface area contributed by atoms with E-state index in [9.17, 15) is 14.9 Å². The highest BCUT2D eigenvalue weighted by molar-refractivity contribution is 5.92. The van der Waals surface area contributed by atoms with E-state index in [1.165, 1.54) is 6.20 Å². The van der Waals surface area contributed by atoms with Crippen LogP contribution >= 0.6 is 0 Å². The third-order valence-corrected chi connectivity index (χ3v) is 5.14. The maximum absolute atomic E-state index is 12.4. The number of aryl methyl sites for hydroxylation is 2. The van der Waals surface area contributed by atoms with Crippen molar-refractivity contribution >= 4 is 23.1 Å². The largest absolute Gasteiger partial charge is 0.352 e. The van der Waals surface area contributed by atoms with Gasteiger partial charge in [-0.15, -0.1) is 0 Å². The second-order valence-corrected chi connectivity index (χ2v) is 7.79. The van der Waals surface area contributed by atoms with Gasteiger partial charge in [0.2, 0.25) is 11.8 Å². The van der Waals surface area contributed by atoms with Gasteiger partial charge in [0.25, 0.3) is 0 Å². The molecule has 0 radical (unpaired) electrons. The van der Waals surface area contributed by atoms with E-state index in [0.29, 0.717) is 36.3 Å². The van der Waals surface area contributed by atoms with Gasteiger partial charge in [-0.1, -0.05) is 26.0 Å². The Hall–Kier alpha value is -3.73. The number of hydrogen-bond acceptors (Lipinski definition) is 5. The molecule has 0 aliphatic carbocycles. The molecule has 3 aromatic rings. The molecule has 8 nitrogen and oxygen atoms in total. The molecule has 0 atom stereocenters. The molecule has 2 aromatic heterocycles. The van der Waals surface area contributed by atoms with Crippen molar-refractivity contribution in [3.63, 3.8) is 0 Å². The summed E-state index contributed by atoms with van der Waals surface area (Å²) in [6.07, 6.45) is 2.34. The molecule has 8 heteroatoms. The Balaban J connectivity index is 1.60. The molecular formula is C23H26N6O2. The standard InChI is InChI=1S/C23H26N6O2/c1-14(2)23(31)28-19-7-5-6-17(10-19)12-25-21(30)9-8-20-15(3)27-22-18(11-24)13-26-29(22)16(20)4/h5-7,10,13-14H,8-9,12H2,1-4H3,(H,25,30)(H,28,31). The number of anilines is 1. The molecule has 0 unspecified atom stereocenters. The van der Waals surface area contributed by atoms with E-state index < -0.39 is 0 Å². The van der Waals surface area contributed by atoms with Crippen molar-refractivity contribution in [3.8, 4) is 6.07 Å². The van der Waals surface area contributed by atoms with Crippen molar-refractivity contribution in [1.29, 1.82) is 5.26 Å². The van der Waals surface area contributed by atoms with E-state index in [1.54, 1.807) is 4.52 Å². The van der Waals surface area contributed by atoms with Gasteiger partial charge in [0, 0.05) is 36.0 Å². The van der Waals surface area contributed by atoms with Crippen LogP contribution in [0.15, 0.2) is 30.5 Å². The van der Waals surface area contributed by atoms with Gasteiger partial charge in [-0.3, -0.25) is 9.59 Å². The normalized spacial score (nSPS) is 10.8. The van der Waals surface area contributed by atoms with Crippen LogP contribution in [-0.2, 0) is 22.6 Å². The Bertz CT molecular complexity index is 1170. The molecule has 0 spiro atoms. The molecule has 2 amide bonds. The van der Waals surface area contributed by atoms with Crippen LogP contribution in [0.5, 0.6) is 0 Å². The fourth-order valence-electron chi connectivity index (χ4n) is 3.32. The molecule has 0 aliphatic heterocycles. The first-order valence-electron chi connectivity index (χ1n) is 10.2. The number of carbonyl (C=O) groups excluding carboxylic acids is 2. The van der Waals surface area contributed by atoms with Crippen molar-refractivity contribution < 1.29 is 9.59 Å². The quantitative estimate of drug-likeness (QED) is 0.612. The number of amides is 2. The number of aromatic nitrogens is 3. The van der Waals surface area contributed by atoms with Gasteiger partial charge in [-0.05, 0) is 43.5 Å². The summed E-state index contributed by atoms with van der Waals surface area (Å²) in [5, 5.41) is 19.2. The zero-order valence-corrected chi connectivity index (χ0v) is 18.2. The van der Waals surface area contributed by atoms with Crippen molar-refractivity contribution in [3.05, 3.63) is 58.5 Å². The fraction of sp³-hybridized carbons (Fsp3) is 0.348. The summed E-state index contributed by atoms with van der Waals surface area (Å²) >= 11 is 0. The third kappa shape index (κ3) is 5.07. The number of nitriles is 1. The minimum atomic E-state index is -0.0998. The zero-order valence-electron chi connectivity index (χ0n) is 18.2. The van der Waals surface area contributed by atoms with E-state index >= 15 is 0 Å². The second kappa shape index (κ2) is 9.39. The number of fused-ring (bicyclic) bond motifs is 1. The third-order valence-electron chi connectivity index (χ3n) is 5.14. The number of rotatable bonds is 7. The first-order chi connectivity index (χ1) is 14.8. The maximum atomic E-state index is 12.4. The lowest BCUT2D eigenvalue weighted by molar-refractivity contribution is -0.121. The molecule has 1 aromatic carbocycles. The summed E-state index contributed by atoms with van der Waals surface area (Å²) in [7, 11) is 0. The Morgan fingerprint density at radius 3 is 2.74 bits per heavy atom. The Morgan fingerprint density at radius 1 is 1.26 bits per heavy atom. The number of hydrogen-bond donors (Lipinski definition) is 2. The number of benzene rings is 1. The Morgan fingerprint density at radius 2 is 2.03 bits per heavy atom. The number of nitrogens with zero attached hydrogens (tertiary/aromatic N) is 4. The summed E-state index contributed by atoms with van der Waals surface area (Å²) < 4.78 is 1.65. The summed E-state index contributed by atoms with van der Waals surface area (Å²) in [6.45, 7) is 7.85. The average Bonchev–Trinajstić information content (AvgIpc) is 3.15. The van der Waals surface area contributed by atoms with Crippen LogP contribution in [0.1, 0.15) is 48.3 Å². The van der Waals surface area contributed by atoms with Gasteiger partial charge < -0.3 is 10.6 Å². The van der Waals surface area contributed by atoms with Crippen LogP contribution in [0.4, 0.5) is 5.69 Å². The van der Waals surface area contributed by atoms with E-state index in [2.05, 4.69) is 26.8 Å². The van der Waals surface area contributed by atoms with Crippen LogP contribution in [0.3, 0.4) is 0 Å². The summed E-state index contributed by atoms with van der Waals surface area (Å²) in [6, 6.07) is 9.53. The van der Waals surface area contributed by atoms with Crippen LogP contribution in [0.2, 0.25) is 0 Å². The lowest BCUT2D eigenvalue weighted by Crippen LogP contribution is -2.23. The van der Waals surface area contributed by atoms with Gasteiger partial charge in [0.05, 0.1) is 6.20 Å². The maximum Gasteiger partial charge on any atom is 0.226 e.